The van der Waals surface area contributed by atoms with Crippen LogP contribution < -0.4 is 0 Å². The minimum atomic E-state index is 0.959. The molecule has 2 saturated heterocycles. The zero-order chi connectivity index (χ0) is 8.60. The minimum Gasteiger partial charge on any atom is -0.321 e. The highest BCUT2D eigenvalue weighted by molar-refractivity contribution is 4.72. The first kappa shape index (κ1) is 8.55. The van der Waals surface area contributed by atoms with E-state index in [9.17, 15) is 0 Å². The minimum absolute atomic E-state index is 0.959. The van der Waals surface area contributed by atoms with Crippen molar-refractivity contribution in [1.82, 2.24) is 0 Å². The molecule has 1 heteroatoms. The average Bonchev–Trinajstić information content (AvgIpc) is 2.29. The van der Waals surface area contributed by atoms with E-state index in [0.29, 0.717) is 0 Å². The van der Waals surface area contributed by atoms with Crippen LogP contribution in [0.3, 0.4) is 0 Å². The molecule has 2 aliphatic rings. The molecule has 1 nitrogen and oxygen atoms in total. The van der Waals surface area contributed by atoms with Crippen molar-refractivity contribution in [2.45, 2.75) is 45.6 Å². The van der Waals surface area contributed by atoms with Crippen molar-refractivity contribution in [3.63, 3.8) is 0 Å². The van der Waals surface area contributed by atoms with Crippen molar-refractivity contribution >= 4 is 0 Å². The fourth-order valence-electron chi connectivity index (χ4n) is 3.45. The standard InChI is InChI=1S/C11H22N/c1-10-8-11(2)12(9-10)6-4-3-5-7-12/h10-11H,3-9H2,1-2H3/q+1. The maximum absolute atomic E-state index is 2.47. The molecule has 2 fully saturated rings. The van der Waals surface area contributed by atoms with Gasteiger partial charge in [-0.05, 0) is 26.2 Å². The molecule has 0 aromatic rings. The summed E-state index contributed by atoms with van der Waals surface area (Å²) in [5.74, 6) is 0.984. The number of nitrogens with zero attached hydrogens (tertiary/aromatic N) is 1. The smallest absolute Gasteiger partial charge is 0.0866 e. The van der Waals surface area contributed by atoms with Crippen molar-refractivity contribution in [3.8, 4) is 0 Å². The first-order valence-corrected chi connectivity index (χ1v) is 5.59. The molecule has 2 heterocycles. The van der Waals surface area contributed by atoms with Crippen molar-refractivity contribution in [2.24, 2.45) is 5.92 Å². The van der Waals surface area contributed by atoms with E-state index in [1.54, 1.807) is 0 Å². The van der Waals surface area contributed by atoms with Gasteiger partial charge in [0.1, 0.15) is 0 Å². The van der Waals surface area contributed by atoms with Gasteiger partial charge in [0.25, 0.3) is 0 Å². The molecule has 0 aliphatic carbocycles. The lowest BCUT2D eigenvalue weighted by molar-refractivity contribution is -0.942. The summed E-state index contributed by atoms with van der Waals surface area (Å²) in [5.41, 5.74) is 0. The van der Waals surface area contributed by atoms with Crippen LogP contribution in [0.4, 0.5) is 0 Å². The maximum atomic E-state index is 2.47. The van der Waals surface area contributed by atoms with Gasteiger partial charge in [-0.1, -0.05) is 6.92 Å². The summed E-state index contributed by atoms with van der Waals surface area (Å²) in [5, 5.41) is 0. The van der Waals surface area contributed by atoms with Gasteiger partial charge in [-0.15, -0.1) is 0 Å². The zero-order valence-corrected chi connectivity index (χ0v) is 8.55. The Morgan fingerprint density at radius 1 is 1.00 bits per heavy atom. The van der Waals surface area contributed by atoms with Crippen LogP contribution in [0, 0.1) is 5.92 Å². The summed E-state index contributed by atoms with van der Waals surface area (Å²) in [7, 11) is 0. The first-order chi connectivity index (χ1) is 5.73. The molecule has 2 unspecified atom stereocenters. The second-order valence-electron chi connectivity index (χ2n) is 5.10. The molecule has 0 bridgehead atoms. The van der Waals surface area contributed by atoms with Crippen LogP contribution in [0.25, 0.3) is 0 Å². The quantitative estimate of drug-likeness (QED) is 0.487. The third-order valence-electron chi connectivity index (χ3n) is 4.06. The molecule has 0 N–H and O–H groups in total. The first-order valence-electron chi connectivity index (χ1n) is 5.59. The molecule has 0 aromatic carbocycles. The van der Waals surface area contributed by atoms with Crippen molar-refractivity contribution < 1.29 is 4.48 Å². The molecule has 2 atom stereocenters. The van der Waals surface area contributed by atoms with Crippen molar-refractivity contribution in [2.75, 3.05) is 19.6 Å². The lowest BCUT2D eigenvalue weighted by atomic mass is 10.1. The molecule has 2 rings (SSSR count). The van der Waals surface area contributed by atoms with Gasteiger partial charge in [0.2, 0.25) is 0 Å². The number of hydrogen-bond donors (Lipinski definition) is 0. The fraction of sp³-hybridized carbons (Fsp3) is 1.00. The Morgan fingerprint density at radius 3 is 2.17 bits per heavy atom. The summed E-state index contributed by atoms with van der Waals surface area (Å²) >= 11 is 0. The molecule has 0 amide bonds. The van der Waals surface area contributed by atoms with Crippen LogP contribution in [0.15, 0.2) is 0 Å². The average molecular weight is 168 g/mol. The van der Waals surface area contributed by atoms with Gasteiger partial charge in [0.05, 0.1) is 25.7 Å². The van der Waals surface area contributed by atoms with Crippen LogP contribution >= 0.6 is 0 Å². The zero-order valence-electron chi connectivity index (χ0n) is 8.55. The highest BCUT2D eigenvalue weighted by Gasteiger charge is 2.42. The van der Waals surface area contributed by atoms with Gasteiger partial charge in [0.15, 0.2) is 0 Å². The summed E-state index contributed by atoms with van der Waals surface area (Å²) < 4.78 is 1.47. The van der Waals surface area contributed by atoms with Gasteiger partial charge in [-0.3, -0.25) is 0 Å². The molecular weight excluding hydrogens is 146 g/mol. The maximum Gasteiger partial charge on any atom is 0.0866 e. The third kappa shape index (κ3) is 1.28. The molecule has 1 spiro atoms. The van der Waals surface area contributed by atoms with Gasteiger partial charge in [0, 0.05) is 12.3 Å². The van der Waals surface area contributed by atoms with E-state index >= 15 is 0 Å². The topological polar surface area (TPSA) is 0 Å². The van der Waals surface area contributed by atoms with Gasteiger partial charge in [-0.2, -0.15) is 0 Å². The van der Waals surface area contributed by atoms with Gasteiger partial charge >= 0.3 is 0 Å². The van der Waals surface area contributed by atoms with E-state index in [0.717, 1.165) is 12.0 Å². The SMILES string of the molecule is CC1CC(C)[N+]2(CCCCC2)C1. The monoisotopic (exact) mass is 168 g/mol. The molecule has 2 aliphatic heterocycles. The van der Waals surface area contributed by atoms with E-state index in [1.807, 2.05) is 0 Å². The van der Waals surface area contributed by atoms with Gasteiger partial charge < -0.3 is 4.48 Å². The number of piperidine rings is 1. The molecular formula is C11H22N+. The Balaban J connectivity index is 2.08. The molecule has 0 radical (unpaired) electrons. The highest BCUT2D eigenvalue weighted by atomic mass is 15.4. The Hall–Kier alpha value is -0.0400. The molecule has 70 valence electrons. The predicted molar refractivity (Wildman–Crippen MR) is 52.0 cm³/mol. The van der Waals surface area contributed by atoms with Crippen LogP contribution in [0.2, 0.25) is 0 Å². The van der Waals surface area contributed by atoms with E-state index in [4.69, 9.17) is 0 Å². The lowest BCUT2D eigenvalue weighted by Gasteiger charge is -2.42. The predicted octanol–water partition coefficient (Wildman–Crippen LogP) is 2.42. The van der Waals surface area contributed by atoms with E-state index < -0.39 is 0 Å². The second-order valence-corrected chi connectivity index (χ2v) is 5.10. The van der Waals surface area contributed by atoms with Gasteiger partial charge in [-0.25, -0.2) is 0 Å². The summed E-state index contributed by atoms with van der Waals surface area (Å²) in [6.45, 7) is 9.32. The van der Waals surface area contributed by atoms with Crippen LogP contribution in [0.5, 0.6) is 0 Å². The highest BCUT2D eigenvalue weighted by Crippen LogP contribution is 2.34. The Kier molecular flexibility index (Phi) is 2.16. The largest absolute Gasteiger partial charge is 0.321 e. The van der Waals surface area contributed by atoms with Crippen molar-refractivity contribution in [3.05, 3.63) is 0 Å². The number of hydrogen-bond acceptors (Lipinski definition) is 0. The molecule has 0 saturated carbocycles. The third-order valence-corrected chi connectivity index (χ3v) is 4.06. The van der Waals surface area contributed by atoms with E-state index in [-0.39, 0.29) is 0 Å². The Morgan fingerprint density at radius 2 is 1.67 bits per heavy atom. The van der Waals surface area contributed by atoms with E-state index in [1.165, 1.54) is 49.8 Å². The van der Waals surface area contributed by atoms with E-state index in [2.05, 4.69) is 13.8 Å². The summed E-state index contributed by atoms with van der Waals surface area (Å²) in [4.78, 5) is 0. The number of quaternary nitrogens is 1. The van der Waals surface area contributed by atoms with Crippen LogP contribution in [-0.4, -0.2) is 30.2 Å². The summed E-state index contributed by atoms with van der Waals surface area (Å²) in [6, 6.07) is 0.959. The Bertz CT molecular complexity index is 158. The summed E-state index contributed by atoms with van der Waals surface area (Å²) in [6.07, 6.45) is 5.93. The second kappa shape index (κ2) is 3.02. The molecule has 0 aromatic heterocycles. The fourth-order valence-corrected chi connectivity index (χ4v) is 3.45. The Labute approximate surface area is 76.3 Å². The van der Waals surface area contributed by atoms with Crippen LogP contribution in [-0.2, 0) is 0 Å². The normalized spacial score (nSPS) is 40.5. The lowest BCUT2D eigenvalue weighted by Crippen LogP contribution is -2.53. The van der Waals surface area contributed by atoms with Crippen LogP contribution in [0.1, 0.15) is 39.5 Å². The number of rotatable bonds is 0. The van der Waals surface area contributed by atoms with Crippen molar-refractivity contribution in [1.29, 1.82) is 0 Å². The molecule has 12 heavy (non-hydrogen) atoms.